The lowest BCUT2D eigenvalue weighted by molar-refractivity contribution is 0.0593. The molecule has 0 spiro atoms. The summed E-state index contributed by atoms with van der Waals surface area (Å²) in [5.74, 6) is -0.842. The van der Waals surface area contributed by atoms with E-state index in [1.165, 1.54) is 30.4 Å². The minimum absolute atomic E-state index is 0.0199. The molecule has 2 aromatic rings. The van der Waals surface area contributed by atoms with Gasteiger partial charge in [0, 0.05) is 13.2 Å². The van der Waals surface area contributed by atoms with Crippen molar-refractivity contribution in [1.82, 2.24) is 19.7 Å². The van der Waals surface area contributed by atoms with Crippen LogP contribution in [-0.2, 0) is 11.8 Å². The number of aryl methyl sites for hydroxylation is 1. The summed E-state index contributed by atoms with van der Waals surface area (Å²) in [6, 6.07) is 0. The second-order valence-corrected chi connectivity index (χ2v) is 3.64. The van der Waals surface area contributed by atoms with Gasteiger partial charge < -0.3 is 10.1 Å². The van der Waals surface area contributed by atoms with Gasteiger partial charge in [0.15, 0.2) is 11.5 Å². The van der Waals surface area contributed by atoms with Crippen molar-refractivity contribution in [3.63, 3.8) is 0 Å². The van der Waals surface area contributed by atoms with E-state index in [0.717, 1.165) is 0 Å². The predicted octanol–water partition coefficient (Wildman–Crippen LogP) is 0.249. The largest absolute Gasteiger partial charge is 0.464 e. The number of aromatic nitrogens is 4. The highest BCUT2D eigenvalue weighted by Crippen LogP contribution is 2.06. The van der Waals surface area contributed by atoms with Gasteiger partial charge in [0.1, 0.15) is 0 Å². The molecule has 0 atom stereocenters. The number of hydrogen-bond acceptors (Lipinski definition) is 6. The van der Waals surface area contributed by atoms with Crippen LogP contribution >= 0.6 is 0 Å². The third kappa shape index (κ3) is 2.92. The summed E-state index contributed by atoms with van der Waals surface area (Å²) >= 11 is 0. The van der Waals surface area contributed by atoms with Crippen molar-refractivity contribution in [2.75, 3.05) is 12.4 Å². The summed E-state index contributed by atoms with van der Waals surface area (Å²) in [5, 5.41) is 6.40. The molecule has 98 valence electrons. The van der Waals surface area contributed by atoms with Crippen molar-refractivity contribution in [3.8, 4) is 0 Å². The molecule has 0 aliphatic carbocycles. The molecule has 0 radical (unpaired) electrons. The summed E-state index contributed by atoms with van der Waals surface area (Å²) in [4.78, 5) is 30.8. The molecule has 0 aliphatic rings. The minimum Gasteiger partial charge on any atom is -0.464 e. The summed E-state index contributed by atoms with van der Waals surface area (Å²) < 4.78 is 6.02. The van der Waals surface area contributed by atoms with Crippen LogP contribution < -0.4 is 5.32 Å². The highest BCUT2D eigenvalue weighted by Gasteiger charge is 2.12. The number of methoxy groups -OCH3 is 1. The van der Waals surface area contributed by atoms with E-state index in [0.29, 0.717) is 5.56 Å². The van der Waals surface area contributed by atoms with E-state index in [9.17, 15) is 9.59 Å². The number of amides is 1. The smallest absolute Gasteiger partial charge is 0.358 e. The maximum atomic E-state index is 11.8. The number of carbonyl (C=O) groups excluding carboxylic acids is 2. The van der Waals surface area contributed by atoms with Gasteiger partial charge in [-0.2, -0.15) is 5.10 Å². The molecule has 0 aliphatic heterocycles. The second-order valence-electron chi connectivity index (χ2n) is 3.64. The highest BCUT2D eigenvalue weighted by molar-refractivity contribution is 6.03. The maximum absolute atomic E-state index is 11.8. The van der Waals surface area contributed by atoms with Gasteiger partial charge in [0.2, 0.25) is 0 Å². The van der Waals surface area contributed by atoms with Crippen LogP contribution in [0.2, 0.25) is 0 Å². The van der Waals surface area contributed by atoms with Gasteiger partial charge in [0.05, 0.1) is 31.3 Å². The number of ether oxygens (including phenoxy) is 1. The Bertz CT molecular complexity index is 622. The zero-order valence-electron chi connectivity index (χ0n) is 10.3. The van der Waals surface area contributed by atoms with Gasteiger partial charge in [-0.05, 0) is 0 Å². The first-order valence-corrected chi connectivity index (χ1v) is 5.30. The standard InChI is InChI=1S/C11H11N5O3/c1-16-6-7(3-13-16)10(17)15-9-5-12-4-8(14-9)11(18)19-2/h3-6H,1-2H3,(H,14,15,17). The average Bonchev–Trinajstić information content (AvgIpc) is 2.85. The van der Waals surface area contributed by atoms with Crippen molar-refractivity contribution < 1.29 is 14.3 Å². The Balaban J connectivity index is 2.15. The summed E-state index contributed by atoms with van der Waals surface area (Å²) in [5.41, 5.74) is 0.402. The topological polar surface area (TPSA) is 99.0 Å². The monoisotopic (exact) mass is 261 g/mol. The molecule has 0 saturated heterocycles. The molecule has 0 unspecified atom stereocenters. The number of carbonyl (C=O) groups is 2. The Hall–Kier alpha value is -2.77. The molecule has 8 heteroatoms. The fraction of sp³-hybridized carbons (Fsp3) is 0.182. The summed E-state index contributed by atoms with van der Waals surface area (Å²) in [6.45, 7) is 0. The zero-order chi connectivity index (χ0) is 13.8. The molecule has 19 heavy (non-hydrogen) atoms. The minimum atomic E-state index is -0.620. The van der Waals surface area contributed by atoms with E-state index in [1.54, 1.807) is 13.2 Å². The third-order valence-electron chi connectivity index (χ3n) is 2.24. The predicted molar refractivity (Wildman–Crippen MR) is 64.5 cm³/mol. The second kappa shape index (κ2) is 5.25. The van der Waals surface area contributed by atoms with Gasteiger partial charge in [-0.1, -0.05) is 0 Å². The van der Waals surface area contributed by atoms with E-state index in [-0.39, 0.29) is 17.4 Å². The number of rotatable bonds is 3. The lowest BCUT2D eigenvalue weighted by atomic mass is 10.3. The van der Waals surface area contributed by atoms with E-state index in [4.69, 9.17) is 0 Å². The number of anilines is 1. The Morgan fingerprint density at radius 2 is 2.11 bits per heavy atom. The lowest BCUT2D eigenvalue weighted by Crippen LogP contribution is -2.14. The van der Waals surface area contributed by atoms with Crippen LogP contribution in [0.5, 0.6) is 0 Å². The zero-order valence-corrected chi connectivity index (χ0v) is 10.3. The normalized spacial score (nSPS) is 10.0. The van der Waals surface area contributed by atoms with Gasteiger partial charge in [-0.15, -0.1) is 0 Å². The maximum Gasteiger partial charge on any atom is 0.358 e. The van der Waals surface area contributed by atoms with Crippen molar-refractivity contribution in [2.45, 2.75) is 0 Å². The third-order valence-corrected chi connectivity index (χ3v) is 2.24. The first-order chi connectivity index (χ1) is 9.10. The molecule has 0 saturated carbocycles. The lowest BCUT2D eigenvalue weighted by Gasteiger charge is -2.03. The molecule has 0 bridgehead atoms. The van der Waals surface area contributed by atoms with Crippen LogP contribution in [-0.4, -0.2) is 38.7 Å². The molecule has 1 N–H and O–H groups in total. The van der Waals surface area contributed by atoms with Gasteiger partial charge >= 0.3 is 5.97 Å². The van der Waals surface area contributed by atoms with Crippen molar-refractivity contribution in [2.24, 2.45) is 7.05 Å². The Morgan fingerprint density at radius 3 is 2.74 bits per heavy atom. The van der Waals surface area contributed by atoms with E-state index < -0.39 is 5.97 Å². The molecule has 2 aromatic heterocycles. The quantitative estimate of drug-likeness (QED) is 0.795. The number of nitrogens with one attached hydrogen (secondary N) is 1. The first-order valence-electron chi connectivity index (χ1n) is 5.30. The Morgan fingerprint density at radius 1 is 1.32 bits per heavy atom. The molecular formula is C11H11N5O3. The molecule has 0 aromatic carbocycles. The fourth-order valence-corrected chi connectivity index (χ4v) is 1.36. The van der Waals surface area contributed by atoms with Crippen LogP contribution in [0.1, 0.15) is 20.8 Å². The van der Waals surface area contributed by atoms with Crippen LogP contribution in [0.3, 0.4) is 0 Å². The van der Waals surface area contributed by atoms with Gasteiger partial charge in [-0.25, -0.2) is 9.78 Å². The van der Waals surface area contributed by atoms with Crippen molar-refractivity contribution in [1.29, 1.82) is 0 Å². The van der Waals surface area contributed by atoms with E-state index in [1.807, 2.05) is 0 Å². The number of hydrogen-bond donors (Lipinski definition) is 1. The molecule has 2 rings (SSSR count). The molecule has 8 nitrogen and oxygen atoms in total. The SMILES string of the molecule is COC(=O)c1cncc(NC(=O)c2cnn(C)c2)n1. The van der Waals surface area contributed by atoms with Crippen molar-refractivity contribution >= 4 is 17.7 Å². The van der Waals surface area contributed by atoms with E-state index in [2.05, 4.69) is 25.1 Å². The van der Waals surface area contributed by atoms with Crippen LogP contribution in [0.4, 0.5) is 5.82 Å². The van der Waals surface area contributed by atoms with Crippen molar-refractivity contribution in [3.05, 3.63) is 36.0 Å². The molecule has 0 fully saturated rings. The van der Waals surface area contributed by atoms with Gasteiger partial charge in [-0.3, -0.25) is 14.5 Å². The van der Waals surface area contributed by atoms with Crippen LogP contribution in [0.15, 0.2) is 24.8 Å². The Labute approximate surface area is 108 Å². The summed E-state index contributed by atoms with van der Waals surface area (Å²) in [6.07, 6.45) is 5.58. The molecule has 2 heterocycles. The Kier molecular flexibility index (Phi) is 3.51. The molecule has 1 amide bonds. The highest BCUT2D eigenvalue weighted by atomic mass is 16.5. The van der Waals surface area contributed by atoms with Crippen LogP contribution in [0.25, 0.3) is 0 Å². The average molecular weight is 261 g/mol. The fourth-order valence-electron chi connectivity index (χ4n) is 1.36. The number of esters is 1. The van der Waals surface area contributed by atoms with E-state index >= 15 is 0 Å². The summed E-state index contributed by atoms with van der Waals surface area (Å²) in [7, 11) is 2.94. The van der Waals surface area contributed by atoms with Crippen LogP contribution in [0, 0.1) is 0 Å². The number of nitrogens with zero attached hydrogens (tertiary/aromatic N) is 4. The first kappa shape index (κ1) is 12.7. The molecular weight excluding hydrogens is 250 g/mol. The van der Waals surface area contributed by atoms with Gasteiger partial charge in [0.25, 0.3) is 5.91 Å².